The number of benzene rings is 1. The van der Waals surface area contributed by atoms with Gasteiger partial charge in [0.1, 0.15) is 5.75 Å². The van der Waals surface area contributed by atoms with E-state index in [1.807, 2.05) is 6.07 Å². The Hall–Kier alpha value is -2.54. The van der Waals surface area contributed by atoms with Crippen molar-refractivity contribution in [2.75, 3.05) is 11.9 Å². The van der Waals surface area contributed by atoms with Crippen LogP contribution in [-0.4, -0.2) is 22.2 Å². The van der Waals surface area contributed by atoms with Crippen LogP contribution in [0.4, 0.5) is 10.6 Å². The number of aryl methyl sites for hydroxylation is 1. The number of nitrogens with one attached hydrogen (secondary N) is 2. The second kappa shape index (κ2) is 6.92. The molecule has 0 bridgehead atoms. The van der Waals surface area contributed by atoms with Crippen molar-refractivity contribution in [1.82, 2.24) is 14.9 Å². The van der Waals surface area contributed by atoms with Gasteiger partial charge in [-0.25, -0.2) is 9.78 Å². The normalized spacial score (nSPS) is 16.5. The third-order valence-electron chi connectivity index (χ3n) is 3.80. The van der Waals surface area contributed by atoms with E-state index < -0.39 is 6.03 Å². The summed E-state index contributed by atoms with van der Waals surface area (Å²) in [7, 11) is 1.59. The predicted octanol–water partition coefficient (Wildman–Crippen LogP) is 2.47. The number of carbonyl (C=O) groups is 1. The molecule has 126 valence electrons. The summed E-state index contributed by atoms with van der Waals surface area (Å²) in [5.74, 6) is 0.651. The van der Waals surface area contributed by atoms with Crippen molar-refractivity contribution in [3.8, 4) is 5.75 Å². The van der Waals surface area contributed by atoms with Crippen LogP contribution in [-0.2, 0) is 7.05 Å². The molecule has 1 aromatic heterocycles. The fraction of sp³-hybridized carbons (Fsp3) is 0.312. The molecule has 7 nitrogen and oxygen atoms in total. The Labute approximate surface area is 143 Å². The molecule has 1 atom stereocenters. The van der Waals surface area contributed by atoms with Gasteiger partial charge in [0.15, 0.2) is 0 Å². The van der Waals surface area contributed by atoms with Gasteiger partial charge in [0.05, 0.1) is 12.6 Å². The molecule has 2 heterocycles. The maximum atomic E-state index is 12.3. The smallest absolute Gasteiger partial charge is 0.321 e. The number of carbonyl (C=O) groups excluding carboxylic acids is 1. The zero-order valence-electron chi connectivity index (χ0n) is 13.1. The highest BCUT2D eigenvalue weighted by Crippen LogP contribution is 2.33. The van der Waals surface area contributed by atoms with E-state index in [-0.39, 0.29) is 17.4 Å². The van der Waals surface area contributed by atoms with Gasteiger partial charge in [0.2, 0.25) is 5.82 Å². The molecule has 0 aliphatic carbocycles. The summed E-state index contributed by atoms with van der Waals surface area (Å²) in [6.45, 7) is 0.563. The molecule has 1 unspecified atom stereocenters. The van der Waals surface area contributed by atoms with E-state index in [2.05, 4.69) is 15.6 Å². The van der Waals surface area contributed by atoms with Crippen LogP contribution in [0.3, 0.4) is 0 Å². The van der Waals surface area contributed by atoms with Crippen LogP contribution in [0.5, 0.6) is 5.75 Å². The number of amides is 2. The molecular weight excluding hydrogens is 332 g/mol. The number of ether oxygens (including phenoxy) is 1. The number of urea groups is 1. The summed E-state index contributed by atoms with van der Waals surface area (Å²) in [6.07, 6.45) is 4.49. The fourth-order valence-corrected chi connectivity index (χ4v) is 2.74. The van der Waals surface area contributed by atoms with Gasteiger partial charge in [-0.1, -0.05) is 17.7 Å². The Bertz CT molecular complexity index is 821. The van der Waals surface area contributed by atoms with Crippen LogP contribution >= 0.6 is 11.6 Å². The minimum Gasteiger partial charge on any atom is -0.493 e. The van der Waals surface area contributed by atoms with Crippen molar-refractivity contribution in [3.05, 3.63) is 51.5 Å². The van der Waals surface area contributed by atoms with Gasteiger partial charge in [-0.2, -0.15) is 0 Å². The lowest BCUT2D eigenvalue weighted by atomic mass is 10.0. The molecule has 8 heteroatoms. The highest BCUT2D eigenvalue weighted by molar-refractivity contribution is 6.30. The van der Waals surface area contributed by atoms with Crippen LogP contribution in [0.15, 0.2) is 35.4 Å². The Morgan fingerprint density at radius 2 is 2.29 bits per heavy atom. The maximum Gasteiger partial charge on any atom is 0.321 e. The molecule has 2 N–H and O–H groups in total. The fourth-order valence-electron chi connectivity index (χ4n) is 2.58. The van der Waals surface area contributed by atoms with Crippen molar-refractivity contribution in [1.29, 1.82) is 0 Å². The standard InChI is InChI=1S/C16H17ClN4O3/c1-21-7-6-18-14(15(21)22)20-16(23)19-12-3-2-8-24-13-9-10(17)4-5-11(12)13/h4-7,9,12H,2-3,8H2,1H3,(H2,18,19,20,23). The summed E-state index contributed by atoms with van der Waals surface area (Å²) in [5, 5.41) is 5.95. The van der Waals surface area contributed by atoms with Crippen LogP contribution < -0.4 is 20.9 Å². The summed E-state index contributed by atoms with van der Waals surface area (Å²) in [5.41, 5.74) is 0.491. The lowest BCUT2D eigenvalue weighted by Gasteiger charge is -2.18. The number of fused-ring (bicyclic) bond motifs is 1. The first-order valence-electron chi connectivity index (χ1n) is 7.56. The number of nitrogens with zero attached hydrogens (tertiary/aromatic N) is 2. The second-order valence-electron chi connectivity index (χ2n) is 5.52. The molecule has 1 aliphatic rings. The first-order chi connectivity index (χ1) is 11.5. The van der Waals surface area contributed by atoms with Crippen LogP contribution in [0.2, 0.25) is 5.02 Å². The van der Waals surface area contributed by atoms with E-state index in [4.69, 9.17) is 16.3 Å². The molecular formula is C16H17ClN4O3. The summed E-state index contributed by atoms with van der Waals surface area (Å²) in [4.78, 5) is 28.1. The third kappa shape index (κ3) is 3.51. The van der Waals surface area contributed by atoms with Crippen LogP contribution in [0.1, 0.15) is 24.4 Å². The Kier molecular flexibility index (Phi) is 4.71. The molecule has 0 saturated carbocycles. The molecule has 1 aromatic carbocycles. The van der Waals surface area contributed by atoms with Crippen LogP contribution in [0, 0.1) is 0 Å². The SMILES string of the molecule is Cn1ccnc(NC(=O)NC2CCCOc3cc(Cl)ccc32)c1=O. The van der Waals surface area contributed by atoms with Gasteiger partial charge in [-0.05, 0) is 25.0 Å². The Balaban J connectivity index is 1.77. The average molecular weight is 349 g/mol. The van der Waals surface area contributed by atoms with E-state index in [0.717, 1.165) is 18.4 Å². The van der Waals surface area contributed by atoms with Crippen molar-refractivity contribution in [2.45, 2.75) is 18.9 Å². The molecule has 0 spiro atoms. The first-order valence-corrected chi connectivity index (χ1v) is 7.94. The molecule has 3 rings (SSSR count). The van der Waals surface area contributed by atoms with E-state index in [1.165, 1.54) is 17.0 Å². The summed E-state index contributed by atoms with van der Waals surface area (Å²) >= 11 is 6.00. The molecule has 0 radical (unpaired) electrons. The van der Waals surface area contributed by atoms with Crippen molar-refractivity contribution < 1.29 is 9.53 Å². The van der Waals surface area contributed by atoms with Crippen LogP contribution in [0.25, 0.3) is 0 Å². The van der Waals surface area contributed by atoms with E-state index in [9.17, 15) is 9.59 Å². The van der Waals surface area contributed by atoms with Crippen molar-refractivity contribution >= 4 is 23.4 Å². The zero-order valence-corrected chi connectivity index (χ0v) is 13.8. The summed E-state index contributed by atoms with van der Waals surface area (Å²) in [6, 6.07) is 4.62. The van der Waals surface area contributed by atoms with E-state index >= 15 is 0 Å². The molecule has 2 amide bonds. The van der Waals surface area contributed by atoms with Gasteiger partial charge in [0, 0.05) is 30.0 Å². The third-order valence-corrected chi connectivity index (χ3v) is 4.03. The number of anilines is 1. The van der Waals surface area contributed by atoms with Crippen molar-refractivity contribution in [2.24, 2.45) is 7.05 Å². The first kappa shape index (κ1) is 16.3. The van der Waals surface area contributed by atoms with Gasteiger partial charge in [0.25, 0.3) is 5.56 Å². The maximum absolute atomic E-state index is 12.3. The van der Waals surface area contributed by atoms with E-state index in [0.29, 0.717) is 17.4 Å². The molecule has 1 aliphatic heterocycles. The number of aromatic nitrogens is 2. The lowest BCUT2D eigenvalue weighted by Crippen LogP contribution is -2.35. The molecule has 24 heavy (non-hydrogen) atoms. The van der Waals surface area contributed by atoms with Gasteiger partial charge in [-0.3, -0.25) is 10.1 Å². The zero-order chi connectivity index (χ0) is 17.1. The van der Waals surface area contributed by atoms with Gasteiger partial charge in [-0.15, -0.1) is 0 Å². The topological polar surface area (TPSA) is 85.2 Å². The van der Waals surface area contributed by atoms with E-state index in [1.54, 1.807) is 19.2 Å². The lowest BCUT2D eigenvalue weighted by molar-refractivity contribution is 0.247. The minimum absolute atomic E-state index is 0.0151. The van der Waals surface area contributed by atoms with Gasteiger partial charge < -0.3 is 14.6 Å². The number of hydrogen-bond acceptors (Lipinski definition) is 4. The highest BCUT2D eigenvalue weighted by atomic mass is 35.5. The van der Waals surface area contributed by atoms with Gasteiger partial charge >= 0.3 is 6.03 Å². The number of hydrogen-bond donors (Lipinski definition) is 2. The summed E-state index contributed by atoms with van der Waals surface area (Å²) < 4.78 is 7.02. The predicted molar refractivity (Wildman–Crippen MR) is 90.6 cm³/mol. The Morgan fingerprint density at radius 3 is 3.12 bits per heavy atom. The second-order valence-corrected chi connectivity index (χ2v) is 5.95. The highest BCUT2D eigenvalue weighted by Gasteiger charge is 2.22. The Morgan fingerprint density at radius 1 is 1.46 bits per heavy atom. The number of halogens is 1. The largest absolute Gasteiger partial charge is 0.493 e. The quantitative estimate of drug-likeness (QED) is 0.873. The minimum atomic E-state index is -0.487. The molecule has 0 saturated heterocycles. The van der Waals surface area contributed by atoms with Crippen molar-refractivity contribution in [3.63, 3.8) is 0 Å². The molecule has 2 aromatic rings. The number of rotatable bonds is 2. The average Bonchev–Trinajstić information content (AvgIpc) is 2.74. The monoisotopic (exact) mass is 348 g/mol. The molecule has 0 fully saturated rings.